The highest BCUT2D eigenvalue weighted by Gasteiger charge is 2.21. The second-order valence-electron chi connectivity index (χ2n) is 8.91. The van der Waals surface area contributed by atoms with E-state index >= 15 is 0 Å². The number of hydrogen-bond donors (Lipinski definition) is 1. The summed E-state index contributed by atoms with van der Waals surface area (Å²) in [4.78, 5) is 23.9. The fourth-order valence-corrected chi connectivity index (χ4v) is 5.03. The van der Waals surface area contributed by atoms with Crippen molar-refractivity contribution in [1.82, 2.24) is 0 Å². The number of ether oxygens (including phenoxy) is 1. The monoisotopic (exact) mass is 519 g/mol. The summed E-state index contributed by atoms with van der Waals surface area (Å²) in [5.41, 5.74) is 3.11. The van der Waals surface area contributed by atoms with E-state index in [0.717, 1.165) is 16.5 Å². The Labute approximate surface area is 214 Å². The summed E-state index contributed by atoms with van der Waals surface area (Å²) in [7, 11) is -4.18. The van der Waals surface area contributed by atoms with Crippen molar-refractivity contribution in [2.45, 2.75) is 32.6 Å². The van der Waals surface area contributed by atoms with Crippen LogP contribution in [0.15, 0.2) is 80.4 Å². The first kappa shape index (κ1) is 25.8. The minimum Gasteiger partial charge on any atom is -0.477 e. The van der Waals surface area contributed by atoms with Crippen molar-refractivity contribution in [3.05, 3.63) is 83.6 Å². The van der Waals surface area contributed by atoms with Crippen LogP contribution in [0.25, 0.3) is 22.1 Å². The van der Waals surface area contributed by atoms with Gasteiger partial charge in [-0.2, -0.15) is 12.8 Å². The third kappa shape index (κ3) is 5.46. The Hall–Kier alpha value is -4.24. The average molecular weight is 520 g/mol. The third-order valence-corrected chi connectivity index (χ3v) is 7.06. The van der Waals surface area contributed by atoms with E-state index in [1.54, 1.807) is 38.1 Å². The summed E-state index contributed by atoms with van der Waals surface area (Å²) in [6.45, 7) is 6.75. The molecule has 3 aromatic carbocycles. The third-order valence-electron chi connectivity index (χ3n) is 5.75. The highest BCUT2D eigenvalue weighted by atomic mass is 32.2. The molecule has 0 atom stereocenters. The van der Waals surface area contributed by atoms with Crippen molar-refractivity contribution in [2.24, 2.45) is 10.3 Å². The molecule has 0 fully saturated rings. The van der Waals surface area contributed by atoms with E-state index in [1.807, 2.05) is 44.2 Å². The standard InChI is InChI=1S/C28H25NO7S/c1-16(2)25(27(30)31)29-37(33,34)22-11-9-19(10-12-22)21-13-17(3)26(18(4)14-21)36-28(32)24-15-20-7-5-6-8-23(20)35-24/h5-16H,1-4H3,(H,30,31)/b29-25+. The van der Waals surface area contributed by atoms with Gasteiger partial charge in [-0.25, -0.2) is 9.59 Å². The molecule has 8 nitrogen and oxygen atoms in total. The maximum atomic E-state index is 12.7. The minimum absolute atomic E-state index is 0.104. The summed E-state index contributed by atoms with van der Waals surface area (Å²) in [6, 6.07) is 18.6. The Balaban J connectivity index is 1.58. The number of esters is 1. The van der Waals surface area contributed by atoms with Crippen LogP contribution in [0.5, 0.6) is 5.75 Å². The van der Waals surface area contributed by atoms with Crippen LogP contribution in [-0.4, -0.2) is 31.2 Å². The van der Waals surface area contributed by atoms with E-state index in [1.165, 1.54) is 12.1 Å². The molecule has 0 spiro atoms. The first-order valence-electron chi connectivity index (χ1n) is 11.5. The molecule has 4 rings (SSSR count). The van der Waals surface area contributed by atoms with Crippen LogP contribution in [0, 0.1) is 19.8 Å². The number of benzene rings is 3. The Morgan fingerprint density at radius 2 is 1.54 bits per heavy atom. The maximum absolute atomic E-state index is 12.7. The number of hydrogen-bond acceptors (Lipinski definition) is 6. The van der Waals surface area contributed by atoms with Crippen LogP contribution < -0.4 is 4.74 Å². The Morgan fingerprint density at radius 1 is 0.919 bits per heavy atom. The molecule has 0 aliphatic rings. The predicted molar refractivity (Wildman–Crippen MR) is 140 cm³/mol. The molecule has 1 aromatic heterocycles. The number of para-hydroxylation sites is 1. The quantitative estimate of drug-likeness (QED) is 0.186. The lowest BCUT2D eigenvalue weighted by Crippen LogP contribution is -2.21. The average Bonchev–Trinajstić information content (AvgIpc) is 3.29. The zero-order valence-corrected chi connectivity index (χ0v) is 21.5. The largest absolute Gasteiger partial charge is 0.477 e. The van der Waals surface area contributed by atoms with Gasteiger partial charge in [0, 0.05) is 11.3 Å². The molecule has 4 aromatic rings. The van der Waals surface area contributed by atoms with Gasteiger partial charge >= 0.3 is 11.9 Å². The second kappa shape index (κ2) is 10.0. The number of carbonyl (C=O) groups is 2. The molecule has 190 valence electrons. The van der Waals surface area contributed by atoms with E-state index in [2.05, 4.69) is 4.40 Å². The number of carboxylic acids is 1. The van der Waals surface area contributed by atoms with Crippen LogP contribution in [0.3, 0.4) is 0 Å². The molecule has 0 saturated carbocycles. The minimum atomic E-state index is -4.18. The van der Waals surface area contributed by atoms with Crippen LogP contribution >= 0.6 is 0 Å². The molecule has 0 bridgehead atoms. The maximum Gasteiger partial charge on any atom is 0.379 e. The fourth-order valence-electron chi connectivity index (χ4n) is 3.90. The zero-order valence-electron chi connectivity index (χ0n) is 20.7. The molecule has 37 heavy (non-hydrogen) atoms. The highest BCUT2D eigenvalue weighted by molar-refractivity contribution is 7.90. The van der Waals surface area contributed by atoms with Gasteiger partial charge in [0.25, 0.3) is 10.0 Å². The van der Waals surface area contributed by atoms with Crippen LogP contribution in [0.4, 0.5) is 0 Å². The summed E-state index contributed by atoms with van der Waals surface area (Å²) < 4.78 is 40.0. The molecule has 0 unspecified atom stereocenters. The number of carboxylic acid groups (broad SMARTS) is 1. The van der Waals surface area contributed by atoms with Crippen molar-refractivity contribution in [3.8, 4) is 16.9 Å². The van der Waals surface area contributed by atoms with Crippen LogP contribution in [-0.2, 0) is 14.8 Å². The van der Waals surface area contributed by atoms with Gasteiger partial charge in [0.2, 0.25) is 5.76 Å². The van der Waals surface area contributed by atoms with Gasteiger partial charge in [0.15, 0.2) is 0 Å². The van der Waals surface area contributed by atoms with E-state index in [4.69, 9.17) is 9.15 Å². The van der Waals surface area contributed by atoms with Crippen molar-refractivity contribution in [2.75, 3.05) is 0 Å². The second-order valence-corrected chi connectivity index (χ2v) is 10.5. The number of nitrogens with zero attached hydrogens (tertiary/aromatic N) is 1. The fraction of sp³-hybridized carbons (Fsp3) is 0.179. The number of rotatable bonds is 7. The van der Waals surface area contributed by atoms with Gasteiger partial charge in [0.1, 0.15) is 17.0 Å². The summed E-state index contributed by atoms with van der Waals surface area (Å²) in [5.74, 6) is -2.02. The number of sulfonamides is 1. The molecule has 9 heteroatoms. The molecule has 0 aliphatic carbocycles. The van der Waals surface area contributed by atoms with Gasteiger partial charge in [-0.15, -0.1) is 0 Å². The van der Waals surface area contributed by atoms with Crippen molar-refractivity contribution >= 4 is 38.6 Å². The van der Waals surface area contributed by atoms with E-state index < -0.39 is 33.6 Å². The molecule has 0 radical (unpaired) electrons. The number of carbonyl (C=O) groups excluding carboxylic acids is 1. The molecule has 0 saturated heterocycles. The van der Waals surface area contributed by atoms with Gasteiger partial charge in [0.05, 0.1) is 4.90 Å². The molecule has 1 heterocycles. The molecule has 0 aliphatic heterocycles. The summed E-state index contributed by atoms with van der Waals surface area (Å²) >= 11 is 0. The number of aryl methyl sites for hydroxylation is 2. The lowest BCUT2D eigenvalue weighted by atomic mass is 10.00. The lowest BCUT2D eigenvalue weighted by molar-refractivity contribution is -0.129. The van der Waals surface area contributed by atoms with E-state index in [-0.39, 0.29) is 10.7 Å². The SMILES string of the molecule is Cc1cc(-c2ccc(S(=O)(=O)/N=C(/C(=O)O)C(C)C)cc2)cc(C)c1OC(=O)c1cc2ccccc2o1. The van der Waals surface area contributed by atoms with Gasteiger partial charge < -0.3 is 14.3 Å². The Bertz CT molecular complexity index is 1590. The lowest BCUT2D eigenvalue weighted by Gasteiger charge is -2.13. The number of furan rings is 1. The first-order chi connectivity index (χ1) is 17.5. The topological polar surface area (TPSA) is 123 Å². The van der Waals surface area contributed by atoms with Gasteiger partial charge in [-0.05, 0) is 72.5 Å². The van der Waals surface area contributed by atoms with Gasteiger partial charge in [-0.1, -0.05) is 44.2 Å². The molecule has 1 N–H and O–H groups in total. The van der Waals surface area contributed by atoms with Crippen molar-refractivity contribution in [3.63, 3.8) is 0 Å². The van der Waals surface area contributed by atoms with Crippen LogP contribution in [0.1, 0.15) is 35.5 Å². The molecular formula is C28H25NO7S. The normalized spacial score (nSPS) is 12.2. The summed E-state index contributed by atoms with van der Waals surface area (Å²) in [5, 5.41) is 10.0. The first-order valence-corrected chi connectivity index (χ1v) is 12.9. The Kier molecular flexibility index (Phi) is 7.00. The predicted octanol–water partition coefficient (Wildman–Crippen LogP) is 5.81. The molecule has 0 amide bonds. The number of aliphatic carboxylic acids is 1. The highest BCUT2D eigenvalue weighted by Crippen LogP contribution is 2.32. The van der Waals surface area contributed by atoms with Crippen molar-refractivity contribution < 1.29 is 32.3 Å². The molecular weight excluding hydrogens is 494 g/mol. The Morgan fingerprint density at radius 3 is 2.11 bits per heavy atom. The van der Waals surface area contributed by atoms with Crippen molar-refractivity contribution in [1.29, 1.82) is 0 Å². The van der Waals surface area contributed by atoms with Gasteiger partial charge in [-0.3, -0.25) is 0 Å². The zero-order chi connectivity index (χ0) is 26.9. The van der Waals surface area contributed by atoms with Crippen LogP contribution in [0.2, 0.25) is 0 Å². The number of fused-ring (bicyclic) bond motifs is 1. The van der Waals surface area contributed by atoms with E-state index in [9.17, 15) is 23.1 Å². The summed E-state index contributed by atoms with van der Waals surface area (Å²) in [6.07, 6.45) is 0. The smallest absolute Gasteiger partial charge is 0.379 e. The van der Waals surface area contributed by atoms with E-state index in [0.29, 0.717) is 22.5 Å².